The minimum atomic E-state index is -0.514. The number of unbranched alkanes of at least 4 members (excludes halogenated alkanes) is 3. The smallest absolute Gasteiger partial charge is 0.262 e. The Morgan fingerprint density at radius 2 is 2.00 bits per heavy atom. The number of para-hydroxylation sites is 1. The zero-order valence-electron chi connectivity index (χ0n) is 16.7. The van der Waals surface area contributed by atoms with E-state index in [1.165, 1.54) is 23.9 Å². The van der Waals surface area contributed by atoms with Gasteiger partial charge >= 0.3 is 0 Å². The van der Waals surface area contributed by atoms with Gasteiger partial charge in [-0.15, -0.1) is 0 Å². The molecule has 1 amide bonds. The number of anilines is 1. The first-order valence-electron chi connectivity index (χ1n) is 9.87. The van der Waals surface area contributed by atoms with Gasteiger partial charge in [-0.25, -0.2) is 9.37 Å². The number of thioether (sulfide) groups is 1. The molecule has 0 fully saturated rings. The molecule has 1 heterocycles. The van der Waals surface area contributed by atoms with Crippen LogP contribution in [0.3, 0.4) is 0 Å². The highest BCUT2D eigenvalue weighted by atomic mass is 79.9. The number of nitrogens with zero attached hydrogens (tertiary/aromatic N) is 2. The average molecular weight is 492 g/mol. The van der Waals surface area contributed by atoms with Crippen LogP contribution in [-0.4, -0.2) is 21.2 Å². The molecule has 0 unspecified atom stereocenters. The molecule has 1 N–H and O–H groups in total. The van der Waals surface area contributed by atoms with Gasteiger partial charge < -0.3 is 5.32 Å². The van der Waals surface area contributed by atoms with Crippen LogP contribution in [0.25, 0.3) is 10.9 Å². The van der Waals surface area contributed by atoms with Crippen molar-refractivity contribution in [1.82, 2.24) is 9.55 Å². The third kappa shape index (κ3) is 5.70. The molecular formula is C22H23BrFN3O2S. The molecule has 0 spiro atoms. The van der Waals surface area contributed by atoms with Crippen LogP contribution < -0.4 is 10.9 Å². The maximum Gasteiger partial charge on any atom is 0.262 e. The van der Waals surface area contributed by atoms with Crippen LogP contribution in [-0.2, 0) is 11.3 Å². The van der Waals surface area contributed by atoms with Gasteiger partial charge in [-0.3, -0.25) is 14.2 Å². The molecule has 0 bridgehead atoms. The molecular weight excluding hydrogens is 469 g/mol. The number of benzene rings is 2. The highest BCUT2D eigenvalue weighted by Gasteiger charge is 2.14. The number of fused-ring (bicyclic) bond motifs is 1. The van der Waals surface area contributed by atoms with Crippen LogP contribution in [0, 0.1) is 5.82 Å². The zero-order chi connectivity index (χ0) is 21.5. The number of amides is 1. The Morgan fingerprint density at radius 1 is 1.20 bits per heavy atom. The molecule has 5 nitrogen and oxygen atoms in total. The van der Waals surface area contributed by atoms with Crippen molar-refractivity contribution < 1.29 is 9.18 Å². The van der Waals surface area contributed by atoms with Crippen molar-refractivity contribution in [2.75, 3.05) is 11.1 Å². The lowest BCUT2D eigenvalue weighted by Gasteiger charge is -2.13. The van der Waals surface area contributed by atoms with Gasteiger partial charge in [0, 0.05) is 11.0 Å². The number of rotatable bonds is 9. The van der Waals surface area contributed by atoms with E-state index < -0.39 is 5.82 Å². The summed E-state index contributed by atoms with van der Waals surface area (Å²) in [4.78, 5) is 29.9. The summed E-state index contributed by atoms with van der Waals surface area (Å²) in [5.41, 5.74) is 0.625. The number of carbonyl (C=O) groups excluding carboxylic acids is 1. The van der Waals surface area contributed by atoms with E-state index in [2.05, 4.69) is 33.2 Å². The second-order valence-corrected chi connectivity index (χ2v) is 8.75. The van der Waals surface area contributed by atoms with Crippen molar-refractivity contribution in [3.05, 3.63) is 63.1 Å². The number of nitrogens with one attached hydrogen (secondary N) is 1. The lowest BCUT2D eigenvalue weighted by atomic mass is 10.2. The van der Waals surface area contributed by atoms with Crippen molar-refractivity contribution in [2.24, 2.45) is 0 Å². The largest absolute Gasteiger partial charge is 0.323 e. The third-order valence-corrected chi connectivity index (χ3v) is 6.07. The number of aromatic nitrogens is 2. The van der Waals surface area contributed by atoms with E-state index in [1.807, 2.05) is 12.1 Å². The highest BCUT2D eigenvalue weighted by Crippen LogP contribution is 2.22. The Bertz CT molecular complexity index is 1100. The van der Waals surface area contributed by atoms with Crippen molar-refractivity contribution in [2.45, 2.75) is 44.3 Å². The van der Waals surface area contributed by atoms with E-state index in [4.69, 9.17) is 0 Å². The molecule has 158 valence electrons. The van der Waals surface area contributed by atoms with Gasteiger partial charge in [0.25, 0.3) is 5.56 Å². The van der Waals surface area contributed by atoms with Gasteiger partial charge in [0.05, 0.1) is 22.3 Å². The molecule has 3 aromatic rings. The predicted molar refractivity (Wildman–Crippen MR) is 124 cm³/mol. The summed E-state index contributed by atoms with van der Waals surface area (Å²) in [5, 5.41) is 3.64. The van der Waals surface area contributed by atoms with E-state index in [1.54, 1.807) is 22.8 Å². The molecule has 0 radical (unpaired) electrons. The fourth-order valence-electron chi connectivity index (χ4n) is 3.06. The first-order chi connectivity index (χ1) is 14.5. The SMILES string of the molecule is CCCCCCn1c(SCC(=O)Nc2ccc(Br)cc2F)nc2ccccc2c1=O. The Kier molecular flexibility index (Phi) is 8.04. The first kappa shape index (κ1) is 22.5. The Labute approximate surface area is 187 Å². The van der Waals surface area contributed by atoms with Crippen molar-refractivity contribution in [3.63, 3.8) is 0 Å². The van der Waals surface area contributed by atoms with Gasteiger partial charge in [0.15, 0.2) is 5.16 Å². The molecule has 0 aliphatic rings. The summed E-state index contributed by atoms with van der Waals surface area (Å²) in [5.74, 6) is -0.851. The Hall–Kier alpha value is -2.19. The monoisotopic (exact) mass is 491 g/mol. The highest BCUT2D eigenvalue weighted by molar-refractivity contribution is 9.10. The fourth-order valence-corrected chi connectivity index (χ4v) is 4.22. The van der Waals surface area contributed by atoms with Crippen LogP contribution in [0.5, 0.6) is 0 Å². The van der Waals surface area contributed by atoms with Gasteiger partial charge in [0.2, 0.25) is 5.91 Å². The standard InChI is InChI=1S/C22H23BrFN3O2S/c1-2-3-4-7-12-27-21(29)16-8-5-6-9-18(16)26-22(27)30-14-20(28)25-19-11-10-15(23)13-17(19)24/h5-6,8-11,13H,2-4,7,12,14H2,1H3,(H,25,28). The van der Waals surface area contributed by atoms with Crippen LogP contribution >= 0.6 is 27.7 Å². The molecule has 1 aromatic heterocycles. The van der Waals surface area contributed by atoms with Crippen molar-refractivity contribution >= 4 is 50.2 Å². The second kappa shape index (κ2) is 10.7. The second-order valence-electron chi connectivity index (χ2n) is 6.89. The van der Waals surface area contributed by atoms with Crippen LogP contribution in [0.4, 0.5) is 10.1 Å². The molecule has 0 aliphatic heterocycles. The quantitative estimate of drug-likeness (QED) is 0.240. The van der Waals surface area contributed by atoms with E-state index in [-0.39, 0.29) is 22.9 Å². The number of hydrogen-bond donors (Lipinski definition) is 1. The number of hydrogen-bond acceptors (Lipinski definition) is 4. The lowest BCUT2D eigenvalue weighted by molar-refractivity contribution is -0.113. The minimum absolute atomic E-state index is 0.0231. The third-order valence-electron chi connectivity index (χ3n) is 4.60. The van der Waals surface area contributed by atoms with Gasteiger partial charge in [-0.05, 0) is 36.8 Å². The molecule has 30 heavy (non-hydrogen) atoms. The molecule has 2 aromatic carbocycles. The number of halogens is 2. The summed E-state index contributed by atoms with van der Waals surface area (Å²) in [6.45, 7) is 2.69. The fraction of sp³-hybridized carbons (Fsp3) is 0.318. The predicted octanol–water partition coefficient (Wildman–Crippen LogP) is 5.61. The normalized spacial score (nSPS) is 11.0. The molecule has 0 aliphatic carbocycles. The van der Waals surface area contributed by atoms with Gasteiger partial charge in [0.1, 0.15) is 5.82 Å². The minimum Gasteiger partial charge on any atom is -0.323 e. The van der Waals surface area contributed by atoms with Crippen molar-refractivity contribution in [3.8, 4) is 0 Å². The molecule has 8 heteroatoms. The van der Waals surface area contributed by atoms with Gasteiger partial charge in [-0.1, -0.05) is 66.0 Å². The van der Waals surface area contributed by atoms with E-state index in [0.717, 1.165) is 25.7 Å². The average Bonchev–Trinajstić information content (AvgIpc) is 2.73. The summed E-state index contributed by atoms with van der Waals surface area (Å²) >= 11 is 4.38. The van der Waals surface area contributed by atoms with Crippen molar-refractivity contribution in [1.29, 1.82) is 0 Å². The topological polar surface area (TPSA) is 64.0 Å². The summed E-state index contributed by atoms with van der Waals surface area (Å²) < 4.78 is 16.2. The summed E-state index contributed by atoms with van der Waals surface area (Å²) in [7, 11) is 0. The molecule has 0 atom stereocenters. The molecule has 3 rings (SSSR count). The maximum atomic E-state index is 14.0. The maximum absolute atomic E-state index is 14.0. The Morgan fingerprint density at radius 3 is 2.77 bits per heavy atom. The first-order valence-corrected chi connectivity index (χ1v) is 11.6. The number of carbonyl (C=O) groups is 1. The van der Waals surface area contributed by atoms with Crippen LogP contribution in [0.2, 0.25) is 0 Å². The van der Waals surface area contributed by atoms with Crippen LogP contribution in [0.15, 0.2) is 56.9 Å². The summed E-state index contributed by atoms with van der Waals surface area (Å²) in [6, 6.07) is 11.7. The van der Waals surface area contributed by atoms with E-state index in [0.29, 0.717) is 27.1 Å². The molecule has 0 saturated heterocycles. The zero-order valence-corrected chi connectivity index (χ0v) is 19.1. The van der Waals surface area contributed by atoms with Gasteiger partial charge in [-0.2, -0.15) is 0 Å². The van der Waals surface area contributed by atoms with E-state index in [9.17, 15) is 14.0 Å². The summed E-state index contributed by atoms with van der Waals surface area (Å²) in [6.07, 6.45) is 4.12. The Balaban J connectivity index is 1.77. The lowest BCUT2D eigenvalue weighted by Crippen LogP contribution is -2.24. The van der Waals surface area contributed by atoms with Crippen LogP contribution in [0.1, 0.15) is 32.6 Å². The molecule has 0 saturated carbocycles. The van der Waals surface area contributed by atoms with E-state index >= 15 is 0 Å².